The van der Waals surface area contributed by atoms with Crippen LogP contribution in [0.25, 0.3) is 0 Å². The van der Waals surface area contributed by atoms with Crippen LogP contribution in [0.4, 0.5) is 0 Å². The molecule has 1 N–H and O–H groups in total. The Balaban J connectivity index is -0.000000140. The van der Waals surface area contributed by atoms with Crippen molar-refractivity contribution in [1.82, 2.24) is 0 Å². The van der Waals surface area contributed by atoms with Gasteiger partial charge in [0, 0.05) is 0 Å². The third kappa shape index (κ3) is 39.3. The first-order valence-corrected chi connectivity index (χ1v) is 2.61. The van der Waals surface area contributed by atoms with E-state index in [-0.39, 0.29) is 36.2 Å². The molecule has 0 saturated carbocycles. The van der Waals surface area contributed by atoms with Gasteiger partial charge in [-0.1, -0.05) is 12.5 Å². The van der Waals surface area contributed by atoms with E-state index >= 15 is 0 Å². The summed E-state index contributed by atoms with van der Waals surface area (Å²) in [6, 6.07) is 0. The Labute approximate surface area is 88.2 Å². The minimum absolute atomic E-state index is 0. The minimum atomic E-state index is -0.159. The Morgan fingerprint density at radius 1 is 1.64 bits per heavy atom. The van der Waals surface area contributed by atoms with Crippen LogP contribution in [0, 0.1) is 0 Å². The van der Waals surface area contributed by atoms with Crippen LogP contribution >= 0.6 is 0 Å². The van der Waals surface area contributed by atoms with Crippen molar-refractivity contribution in [1.29, 1.82) is 0 Å². The molecule has 0 aromatic rings. The summed E-state index contributed by atoms with van der Waals surface area (Å²) >= 11 is 0. The maximum Gasteiger partial charge on any atom is 1.00 e. The molecule has 0 aliphatic heterocycles. The van der Waals surface area contributed by atoms with Crippen molar-refractivity contribution in [3.8, 4) is 0 Å². The molecule has 5 heteroatoms. The molecule has 0 rings (SSSR count). The smallest absolute Gasteiger partial charge is 0.665 e. The fourth-order valence-corrected chi connectivity index (χ4v) is 0.226. The normalized spacial score (nSPS) is 6.64. The summed E-state index contributed by atoms with van der Waals surface area (Å²) in [5.74, 6) is 0. The maximum absolute atomic E-state index is 9.65. The fraction of sp³-hybridized carbons (Fsp3) is 0.500. The topological polar surface area (TPSA) is 66.4 Å². The van der Waals surface area contributed by atoms with E-state index in [1.54, 1.807) is 6.08 Å². The zero-order valence-corrected chi connectivity index (χ0v) is 8.58. The third-order valence-corrected chi connectivity index (χ3v) is 0.463. The van der Waals surface area contributed by atoms with Crippen molar-refractivity contribution >= 4 is 6.47 Å². The van der Waals surface area contributed by atoms with Gasteiger partial charge in [-0.3, -0.25) is 0 Å². The molecule has 0 aliphatic carbocycles. The van der Waals surface area contributed by atoms with Gasteiger partial charge in [0.2, 0.25) is 0 Å². The first-order valence-electron chi connectivity index (χ1n) is 2.61. The first kappa shape index (κ1) is 17.3. The molecule has 0 heterocycles. The Hall–Kier alpha value is 0.130. The van der Waals surface area contributed by atoms with Crippen LogP contribution < -0.4 is 29.6 Å². The van der Waals surface area contributed by atoms with Crippen molar-refractivity contribution in [2.45, 2.75) is 0 Å². The third-order valence-electron chi connectivity index (χ3n) is 0.463. The van der Waals surface area contributed by atoms with Gasteiger partial charge in [0.15, 0.2) is 0 Å². The van der Waals surface area contributed by atoms with E-state index in [1.165, 1.54) is 0 Å². The van der Waals surface area contributed by atoms with E-state index in [0.717, 1.165) is 0 Å². The zero-order chi connectivity index (χ0) is 8.24. The van der Waals surface area contributed by atoms with E-state index in [1.807, 2.05) is 0 Å². The quantitative estimate of drug-likeness (QED) is 0.214. The monoisotopic (exact) mass is 169 g/mol. The van der Waals surface area contributed by atoms with E-state index < -0.39 is 0 Å². The molecule has 1 radical (unpaired) electrons. The molecule has 0 unspecified atom stereocenters. The van der Waals surface area contributed by atoms with Gasteiger partial charge in [-0.05, 0) is 0 Å². The Bertz CT molecular complexity index is 77.0. The Kier molecular flexibility index (Phi) is 35.3. The summed E-state index contributed by atoms with van der Waals surface area (Å²) in [6.07, 6.45) is 1.62. The zero-order valence-electron chi connectivity index (χ0n) is 6.58. The van der Waals surface area contributed by atoms with Crippen molar-refractivity contribution in [3.63, 3.8) is 0 Å². The molecule has 0 aromatic carbocycles. The molecule has 0 aromatic heterocycles. The van der Waals surface area contributed by atoms with Crippen molar-refractivity contribution in [3.05, 3.63) is 12.7 Å². The summed E-state index contributed by atoms with van der Waals surface area (Å²) in [5, 5.41) is 16.4. The van der Waals surface area contributed by atoms with E-state index in [4.69, 9.17) is 14.6 Å². The van der Waals surface area contributed by atoms with E-state index in [0.29, 0.717) is 19.7 Å². The summed E-state index contributed by atoms with van der Waals surface area (Å²) in [4.78, 5) is 8.24. The second-order valence-corrected chi connectivity index (χ2v) is 1.16. The van der Waals surface area contributed by atoms with Crippen LogP contribution in [0.2, 0.25) is 0 Å². The second kappa shape index (κ2) is 22.5. The van der Waals surface area contributed by atoms with Crippen LogP contribution in [0.5, 0.6) is 0 Å². The number of ether oxygens (including phenoxy) is 1. The van der Waals surface area contributed by atoms with Crippen molar-refractivity contribution in [2.24, 2.45) is 0 Å². The van der Waals surface area contributed by atoms with Gasteiger partial charge >= 0.3 is 29.6 Å². The van der Waals surface area contributed by atoms with Gasteiger partial charge < -0.3 is 14.6 Å². The summed E-state index contributed by atoms with van der Waals surface area (Å²) in [7, 11) is 0. The van der Waals surface area contributed by atoms with E-state index in [9.17, 15) is 5.11 Å². The number of rotatable bonds is 4. The number of hydrogen-bond acceptors (Lipinski definition) is 2. The molecule has 4 nitrogen and oxygen atoms in total. The molecule has 0 fully saturated rings. The van der Waals surface area contributed by atoms with E-state index in [2.05, 4.69) is 6.58 Å². The Morgan fingerprint density at radius 3 is 2.36 bits per heavy atom. The number of hydrogen-bond donors (Lipinski definition) is 1. The number of aliphatic hydroxyl groups excluding tert-OH is 1. The SMILES string of the molecule is C=CCOCC[O].O=[C-]O.[Na+]. The average Bonchev–Trinajstić information content (AvgIpc) is 1.91. The van der Waals surface area contributed by atoms with Crippen molar-refractivity contribution < 1.29 is 49.3 Å². The average molecular weight is 169 g/mol. The maximum atomic E-state index is 9.65. The standard InChI is InChI=1S/C5H9O2.CHO2.Na/c1-2-4-7-5-3-6;2-1-3;/h2H,1,3-5H2;(H,2,3);/q;-1;+1. The van der Waals surface area contributed by atoms with Gasteiger partial charge in [-0.2, -0.15) is 0 Å². The summed E-state index contributed by atoms with van der Waals surface area (Å²) in [5.41, 5.74) is 0. The van der Waals surface area contributed by atoms with Gasteiger partial charge in [-0.15, -0.1) is 6.58 Å². The first-order chi connectivity index (χ1) is 4.83. The molecule has 0 spiro atoms. The van der Waals surface area contributed by atoms with Crippen LogP contribution in [-0.2, 0) is 14.6 Å². The van der Waals surface area contributed by atoms with Crippen LogP contribution in [0.1, 0.15) is 0 Å². The summed E-state index contributed by atoms with van der Waals surface area (Å²) < 4.78 is 4.70. The molecule has 0 aliphatic rings. The van der Waals surface area contributed by atoms with Crippen LogP contribution in [0.3, 0.4) is 0 Å². The van der Waals surface area contributed by atoms with Crippen molar-refractivity contribution in [2.75, 3.05) is 19.8 Å². The second-order valence-electron chi connectivity index (χ2n) is 1.16. The predicted molar refractivity (Wildman–Crippen MR) is 34.9 cm³/mol. The minimum Gasteiger partial charge on any atom is -0.665 e. The molecule has 0 saturated heterocycles. The molecule has 0 amide bonds. The summed E-state index contributed by atoms with van der Waals surface area (Å²) in [6.45, 7) is 4.53. The molecule has 0 bridgehead atoms. The predicted octanol–water partition coefficient (Wildman–Crippen LogP) is -2.76. The molecule has 59 valence electrons. The molecular formula is C6H10NaO4. The van der Waals surface area contributed by atoms with Gasteiger partial charge in [0.05, 0.1) is 13.2 Å². The molecular weight excluding hydrogens is 159 g/mol. The Morgan fingerprint density at radius 2 is 2.09 bits per heavy atom. The van der Waals surface area contributed by atoms with Crippen LogP contribution in [-0.4, -0.2) is 31.4 Å². The fourth-order valence-electron chi connectivity index (χ4n) is 0.226. The molecule has 0 atom stereocenters. The van der Waals surface area contributed by atoms with Gasteiger partial charge in [0.25, 0.3) is 0 Å². The van der Waals surface area contributed by atoms with Crippen LogP contribution in [0.15, 0.2) is 12.7 Å². The van der Waals surface area contributed by atoms with Gasteiger partial charge in [0.1, 0.15) is 6.61 Å². The van der Waals surface area contributed by atoms with Gasteiger partial charge in [-0.25, -0.2) is 5.11 Å². The molecule has 11 heavy (non-hydrogen) atoms. The largest absolute Gasteiger partial charge is 1.00 e.